The molecule has 0 atom stereocenters. The zero-order valence-electron chi connectivity index (χ0n) is 8.81. The molecule has 2 aromatic rings. The van der Waals surface area contributed by atoms with Gasteiger partial charge in [-0.15, -0.1) is 5.10 Å². The van der Waals surface area contributed by atoms with Gasteiger partial charge in [-0.1, -0.05) is 33.2 Å². The summed E-state index contributed by atoms with van der Waals surface area (Å²) in [5.74, 6) is 0.476. The molecule has 84 valence electrons. The Hall–Kier alpha value is -1.36. The number of hydrogen-bond acceptors (Lipinski definition) is 4. The van der Waals surface area contributed by atoms with Gasteiger partial charge in [0, 0.05) is 10.9 Å². The van der Waals surface area contributed by atoms with E-state index in [0.29, 0.717) is 12.5 Å². The van der Waals surface area contributed by atoms with Gasteiger partial charge in [-0.25, -0.2) is 0 Å². The minimum Gasteiger partial charge on any atom is -0.449 e. The van der Waals surface area contributed by atoms with E-state index in [2.05, 4.69) is 26.1 Å². The number of hydrogen-bond donors (Lipinski definition) is 0. The lowest BCUT2D eigenvalue weighted by Crippen LogP contribution is -1.90. The number of ether oxygens (including phenoxy) is 1. The van der Waals surface area contributed by atoms with E-state index in [0.717, 1.165) is 10.9 Å². The molecule has 0 spiro atoms. The van der Waals surface area contributed by atoms with Crippen molar-refractivity contribution in [1.29, 1.82) is 0 Å². The molecular weight excluding hydrogens is 272 g/mol. The fourth-order valence-electron chi connectivity index (χ4n) is 1.24. The first-order valence-electron chi connectivity index (χ1n) is 4.95. The number of alkyl halides is 1. The third-order valence-electron chi connectivity index (χ3n) is 2.03. The summed E-state index contributed by atoms with van der Waals surface area (Å²) in [6, 6.07) is 7.91. The molecule has 1 aromatic heterocycles. The van der Waals surface area contributed by atoms with Crippen molar-refractivity contribution >= 4 is 15.9 Å². The van der Waals surface area contributed by atoms with Crippen LogP contribution in [0.25, 0.3) is 11.5 Å². The highest BCUT2D eigenvalue weighted by molar-refractivity contribution is 9.08. The van der Waals surface area contributed by atoms with Gasteiger partial charge >= 0.3 is 6.08 Å². The smallest absolute Gasteiger partial charge is 0.414 e. The van der Waals surface area contributed by atoms with Gasteiger partial charge < -0.3 is 9.15 Å². The summed E-state index contributed by atoms with van der Waals surface area (Å²) >= 11 is 3.39. The highest BCUT2D eigenvalue weighted by atomic mass is 79.9. The summed E-state index contributed by atoms with van der Waals surface area (Å²) in [5.41, 5.74) is 2.09. The van der Waals surface area contributed by atoms with Crippen molar-refractivity contribution in [1.82, 2.24) is 10.2 Å². The summed E-state index contributed by atoms with van der Waals surface area (Å²) in [6.45, 7) is 2.39. The molecule has 1 aromatic carbocycles. The first-order valence-corrected chi connectivity index (χ1v) is 6.07. The lowest BCUT2D eigenvalue weighted by Gasteiger charge is -1.97. The second-order valence-corrected chi connectivity index (χ2v) is 3.70. The van der Waals surface area contributed by atoms with Crippen LogP contribution >= 0.6 is 15.9 Å². The van der Waals surface area contributed by atoms with Gasteiger partial charge in [0.25, 0.3) is 5.89 Å². The van der Waals surface area contributed by atoms with Gasteiger partial charge in [-0.2, -0.15) is 0 Å². The third-order valence-corrected chi connectivity index (χ3v) is 2.68. The van der Waals surface area contributed by atoms with Crippen molar-refractivity contribution in [3.8, 4) is 17.5 Å². The summed E-state index contributed by atoms with van der Waals surface area (Å²) in [6.07, 6.45) is 0.210. The van der Waals surface area contributed by atoms with Gasteiger partial charge in [0.15, 0.2) is 0 Å². The van der Waals surface area contributed by atoms with Gasteiger partial charge in [0.1, 0.15) is 0 Å². The Morgan fingerprint density at radius 2 is 2.00 bits per heavy atom. The molecule has 0 aliphatic heterocycles. The van der Waals surface area contributed by atoms with Crippen LogP contribution in [-0.4, -0.2) is 16.8 Å². The molecule has 0 bridgehead atoms. The molecule has 0 aliphatic rings. The molecule has 16 heavy (non-hydrogen) atoms. The number of halogens is 1. The maximum Gasteiger partial charge on any atom is 0.414 e. The Bertz CT molecular complexity index is 453. The fraction of sp³-hybridized carbons (Fsp3) is 0.273. The van der Waals surface area contributed by atoms with Gasteiger partial charge in [-0.3, -0.25) is 0 Å². The van der Waals surface area contributed by atoms with Crippen molar-refractivity contribution < 1.29 is 9.15 Å². The van der Waals surface area contributed by atoms with Crippen molar-refractivity contribution in [2.75, 3.05) is 6.61 Å². The lowest BCUT2D eigenvalue weighted by molar-refractivity contribution is 0.247. The quantitative estimate of drug-likeness (QED) is 0.809. The molecule has 1 heterocycles. The maximum absolute atomic E-state index is 5.33. The normalized spacial score (nSPS) is 10.4. The molecule has 2 rings (SSSR count). The van der Waals surface area contributed by atoms with E-state index < -0.39 is 0 Å². The highest BCUT2D eigenvalue weighted by Gasteiger charge is 2.08. The molecule has 0 radical (unpaired) electrons. The van der Waals surface area contributed by atoms with Crippen molar-refractivity contribution in [3.05, 3.63) is 29.8 Å². The highest BCUT2D eigenvalue weighted by Crippen LogP contribution is 2.21. The zero-order valence-corrected chi connectivity index (χ0v) is 10.4. The standard InChI is InChI=1S/C11H11BrN2O2/c1-2-15-11-14-13-10(16-11)9-5-3-8(7-12)4-6-9/h3-6H,2,7H2,1H3. The van der Waals surface area contributed by atoms with E-state index in [9.17, 15) is 0 Å². The summed E-state index contributed by atoms with van der Waals surface area (Å²) < 4.78 is 10.4. The van der Waals surface area contributed by atoms with Crippen molar-refractivity contribution in [3.63, 3.8) is 0 Å². The molecule has 0 amide bonds. The monoisotopic (exact) mass is 282 g/mol. The molecular formula is C11H11BrN2O2. The number of aromatic nitrogens is 2. The van der Waals surface area contributed by atoms with E-state index in [4.69, 9.17) is 9.15 Å². The molecule has 0 saturated carbocycles. The SMILES string of the molecule is CCOc1nnc(-c2ccc(CBr)cc2)o1. The Morgan fingerprint density at radius 3 is 2.62 bits per heavy atom. The van der Waals surface area contributed by atoms with Crippen LogP contribution < -0.4 is 4.74 Å². The van der Waals surface area contributed by atoms with Gasteiger partial charge in [0.05, 0.1) is 6.61 Å². The van der Waals surface area contributed by atoms with Crippen LogP contribution in [-0.2, 0) is 5.33 Å². The molecule has 0 N–H and O–H groups in total. The van der Waals surface area contributed by atoms with Gasteiger partial charge in [-0.05, 0) is 24.6 Å². The van der Waals surface area contributed by atoms with Crippen LogP contribution in [0.1, 0.15) is 12.5 Å². The van der Waals surface area contributed by atoms with Crippen LogP contribution in [0, 0.1) is 0 Å². The summed E-state index contributed by atoms with van der Waals surface area (Å²) in [7, 11) is 0. The predicted molar refractivity (Wildman–Crippen MR) is 63.5 cm³/mol. The second-order valence-electron chi connectivity index (χ2n) is 3.14. The fourth-order valence-corrected chi connectivity index (χ4v) is 1.62. The van der Waals surface area contributed by atoms with Crippen LogP contribution in [0.5, 0.6) is 6.08 Å². The van der Waals surface area contributed by atoms with Crippen LogP contribution in [0.15, 0.2) is 28.7 Å². The average molecular weight is 283 g/mol. The molecule has 0 saturated heterocycles. The lowest BCUT2D eigenvalue weighted by atomic mass is 10.1. The van der Waals surface area contributed by atoms with E-state index >= 15 is 0 Å². The maximum atomic E-state index is 5.33. The van der Waals surface area contributed by atoms with E-state index in [1.165, 1.54) is 5.56 Å². The average Bonchev–Trinajstić information content (AvgIpc) is 2.78. The van der Waals surface area contributed by atoms with E-state index in [1.807, 2.05) is 31.2 Å². The van der Waals surface area contributed by atoms with E-state index in [-0.39, 0.29) is 6.08 Å². The Morgan fingerprint density at radius 1 is 1.25 bits per heavy atom. The van der Waals surface area contributed by atoms with Crippen LogP contribution in [0.2, 0.25) is 0 Å². The molecule has 0 aliphatic carbocycles. The Labute approximate surface area is 102 Å². The first-order chi connectivity index (χ1) is 7.83. The largest absolute Gasteiger partial charge is 0.449 e. The molecule has 0 unspecified atom stereocenters. The number of rotatable bonds is 4. The summed E-state index contributed by atoms with van der Waals surface area (Å²) in [4.78, 5) is 0. The first kappa shape index (κ1) is 11.1. The molecule has 4 nitrogen and oxygen atoms in total. The molecule has 0 fully saturated rings. The Balaban J connectivity index is 2.21. The number of nitrogens with zero attached hydrogens (tertiary/aromatic N) is 2. The summed E-state index contributed by atoms with van der Waals surface area (Å²) in [5, 5.41) is 8.52. The van der Waals surface area contributed by atoms with Gasteiger partial charge in [0.2, 0.25) is 0 Å². The minimum absolute atomic E-state index is 0.210. The van der Waals surface area contributed by atoms with Crippen molar-refractivity contribution in [2.24, 2.45) is 0 Å². The predicted octanol–water partition coefficient (Wildman–Crippen LogP) is 3.03. The zero-order chi connectivity index (χ0) is 11.4. The molecule has 5 heteroatoms. The van der Waals surface area contributed by atoms with Crippen LogP contribution in [0.3, 0.4) is 0 Å². The topological polar surface area (TPSA) is 48.2 Å². The second kappa shape index (κ2) is 5.12. The Kier molecular flexibility index (Phi) is 3.56. The van der Waals surface area contributed by atoms with Crippen LogP contribution in [0.4, 0.5) is 0 Å². The number of benzene rings is 1. The van der Waals surface area contributed by atoms with Crippen molar-refractivity contribution in [2.45, 2.75) is 12.3 Å². The van der Waals surface area contributed by atoms with E-state index in [1.54, 1.807) is 0 Å². The third kappa shape index (κ3) is 2.41. The minimum atomic E-state index is 0.210.